The molecule has 0 aliphatic rings. The van der Waals surface area contributed by atoms with Crippen LogP contribution in [0.3, 0.4) is 0 Å². The average Bonchev–Trinajstić information content (AvgIpc) is 1.97. The summed E-state index contributed by atoms with van der Waals surface area (Å²) in [5, 5.41) is 0. The van der Waals surface area contributed by atoms with E-state index in [1.165, 1.54) is 0 Å². The van der Waals surface area contributed by atoms with E-state index < -0.39 is 0 Å². The van der Waals surface area contributed by atoms with Gasteiger partial charge in [-0.05, 0) is 13.8 Å². The van der Waals surface area contributed by atoms with E-state index in [1.54, 1.807) is 0 Å². The molecular formula is C7H16O2S. The van der Waals surface area contributed by atoms with Crippen LogP contribution < -0.4 is 0 Å². The van der Waals surface area contributed by atoms with E-state index in [2.05, 4.69) is 12.6 Å². The minimum Gasteiger partial charge on any atom is -0.379 e. The van der Waals surface area contributed by atoms with Crippen LogP contribution >= 0.6 is 12.6 Å². The van der Waals surface area contributed by atoms with Crippen molar-refractivity contribution in [1.82, 2.24) is 0 Å². The first-order valence-corrected chi connectivity index (χ1v) is 4.24. The lowest BCUT2D eigenvalue weighted by Gasteiger charge is -2.10. The zero-order chi connectivity index (χ0) is 7.82. The number of thiol groups is 1. The predicted molar refractivity (Wildman–Crippen MR) is 45.8 cm³/mol. The van der Waals surface area contributed by atoms with Crippen molar-refractivity contribution in [3.8, 4) is 0 Å². The fourth-order valence-electron chi connectivity index (χ4n) is 0.586. The van der Waals surface area contributed by atoms with Crippen LogP contribution in [0.1, 0.15) is 13.8 Å². The van der Waals surface area contributed by atoms with E-state index in [4.69, 9.17) is 9.47 Å². The summed E-state index contributed by atoms with van der Waals surface area (Å²) in [7, 11) is 0. The smallest absolute Gasteiger partial charge is 0.0780 e. The first-order chi connectivity index (χ1) is 4.81. The third-order valence-corrected chi connectivity index (χ3v) is 1.23. The van der Waals surface area contributed by atoms with E-state index in [-0.39, 0.29) is 6.10 Å². The second kappa shape index (κ2) is 7.38. The van der Waals surface area contributed by atoms with Gasteiger partial charge in [-0.15, -0.1) is 0 Å². The fourth-order valence-corrected chi connectivity index (χ4v) is 0.691. The van der Waals surface area contributed by atoms with E-state index in [9.17, 15) is 0 Å². The number of ether oxygens (including phenoxy) is 2. The van der Waals surface area contributed by atoms with Crippen molar-refractivity contribution in [1.29, 1.82) is 0 Å². The summed E-state index contributed by atoms with van der Waals surface area (Å²) in [6, 6.07) is 0. The van der Waals surface area contributed by atoms with Crippen LogP contribution in [0.15, 0.2) is 0 Å². The van der Waals surface area contributed by atoms with Gasteiger partial charge in [-0.2, -0.15) is 12.6 Å². The van der Waals surface area contributed by atoms with Gasteiger partial charge in [0.25, 0.3) is 0 Å². The molecule has 0 aromatic heterocycles. The Labute approximate surface area is 68.3 Å². The molecule has 2 nitrogen and oxygen atoms in total. The van der Waals surface area contributed by atoms with Crippen molar-refractivity contribution in [2.75, 3.05) is 25.6 Å². The van der Waals surface area contributed by atoms with Gasteiger partial charge >= 0.3 is 0 Å². The van der Waals surface area contributed by atoms with Crippen LogP contribution in [0, 0.1) is 0 Å². The Bertz CT molecular complexity index is 60.6. The van der Waals surface area contributed by atoms with Crippen LogP contribution in [0.4, 0.5) is 0 Å². The molecule has 1 atom stereocenters. The highest BCUT2D eigenvalue weighted by Crippen LogP contribution is 1.91. The van der Waals surface area contributed by atoms with Crippen LogP contribution in [0.5, 0.6) is 0 Å². The molecule has 0 N–H and O–H groups in total. The summed E-state index contributed by atoms with van der Waals surface area (Å²) in [4.78, 5) is 0. The second-order valence-electron chi connectivity index (χ2n) is 2.06. The summed E-state index contributed by atoms with van der Waals surface area (Å²) in [6.07, 6.45) is 0.201. The van der Waals surface area contributed by atoms with Crippen LogP contribution in [0.2, 0.25) is 0 Å². The molecule has 0 fully saturated rings. The third kappa shape index (κ3) is 6.39. The first kappa shape index (κ1) is 10.3. The first-order valence-electron chi connectivity index (χ1n) is 3.61. The summed E-state index contributed by atoms with van der Waals surface area (Å²) < 4.78 is 10.4. The highest BCUT2D eigenvalue weighted by atomic mass is 32.1. The normalized spacial score (nSPS) is 13.5. The zero-order valence-electron chi connectivity index (χ0n) is 6.67. The fraction of sp³-hybridized carbons (Fsp3) is 1.00. The highest BCUT2D eigenvalue weighted by Gasteiger charge is 1.98. The van der Waals surface area contributed by atoms with Crippen molar-refractivity contribution in [3.63, 3.8) is 0 Å². The van der Waals surface area contributed by atoms with Gasteiger partial charge in [0, 0.05) is 12.4 Å². The van der Waals surface area contributed by atoms with E-state index in [0.717, 1.165) is 12.4 Å². The maximum atomic E-state index is 5.29. The van der Waals surface area contributed by atoms with Crippen LogP contribution in [0.25, 0.3) is 0 Å². The molecule has 0 saturated heterocycles. The maximum absolute atomic E-state index is 5.29. The molecule has 0 heterocycles. The number of hydrogen-bond donors (Lipinski definition) is 1. The average molecular weight is 164 g/mol. The lowest BCUT2D eigenvalue weighted by molar-refractivity contribution is 0.00330. The Morgan fingerprint density at radius 1 is 1.50 bits per heavy atom. The highest BCUT2D eigenvalue weighted by molar-refractivity contribution is 7.80. The van der Waals surface area contributed by atoms with Gasteiger partial charge in [0.1, 0.15) is 0 Å². The minimum atomic E-state index is 0.201. The second-order valence-corrected chi connectivity index (χ2v) is 2.51. The predicted octanol–water partition coefficient (Wildman–Crippen LogP) is 1.36. The molecule has 0 aliphatic carbocycles. The van der Waals surface area contributed by atoms with Crippen molar-refractivity contribution < 1.29 is 9.47 Å². The molecular weight excluding hydrogens is 148 g/mol. The standard InChI is InChI=1S/C7H16O2S/c1-3-8-6-7(2)9-4-5-10/h7,10H,3-6H2,1-2H3. The van der Waals surface area contributed by atoms with Gasteiger partial charge in [-0.3, -0.25) is 0 Å². The number of hydrogen-bond acceptors (Lipinski definition) is 3. The van der Waals surface area contributed by atoms with Gasteiger partial charge in [-0.25, -0.2) is 0 Å². The van der Waals surface area contributed by atoms with Crippen molar-refractivity contribution in [3.05, 3.63) is 0 Å². The molecule has 0 amide bonds. The zero-order valence-corrected chi connectivity index (χ0v) is 7.56. The van der Waals surface area contributed by atoms with Crippen molar-refractivity contribution >= 4 is 12.6 Å². The summed E-state index contributed by atoms with van der Waals surface area (Å²) in [6.45, 7) is 6.13. The molecule has 1 unspecified atom stereocenters. The Hall–Kier alpha value is 0.270. The minimum absolute atomic E-state index is 0.201. The summed E-state index contributed by atoms with van der Waals surface area (Å²) in [5.74, 6) is 0.774. The Morgan fingerprint density at radius 3 is 2.70 bits per heavy atom. The maximum Gasteiger partial charge on any atom is 0.0780 e. The molecule has 0 radical (unpaired) electrons. The van der Waals surface area contributed by atoms with E-state index in [0.29, 0.717) is 13.2 Å². The Balaban J connectivity index is 3.00. The van der Waals surface area contributed by atoms with Gasteiger partial charge < -0.3 is 9.47 Å². The topological polar surface area (TPSA) is 18.5 Å². The molecule has 0 aliphatic heterocycles. The molecule has 0 aromatic rings. The largest absolute Gasteiger partial charge is 0.379 e. The molecule has 10 heavy (non-hydrogen) atoms. The Morgan fingerprint density at radius 2 is 2.20 bits per heavy atom. The van der Waals surface area contributed by atoms with Gasteiger partial charge in [0.05, 0.1) is 19.3 Å². The molecule has 0 bridgehead atoms. The van der Waals surface area contributed by atoms with Crippen molar-refractivity contribution in [2.24, 2.45) is 0 Å². The van der Waals surface area contributed by atoms with Crippen LogP contribution in [-0.4, -0.2) is 31.7 Å². The van der Waals surface area contributed by atoms with Crippen molar-refractivity contribution in [2.45, 2.75) is 20.0 Å². The molecule has 3 heteroatoms. The lowest BCUT2D eigenvalue weighted by atomic mass is 10.4. The molecule has 62 valence electrons. The van der Waals surface area contributed by atoms with E-state index >= 15 is 0 Å². The van der Waals surface area contributed by atoms with Gasteiger partial charge in [0.15, 0.2) is 0 Å². The molecule has 0 spiro atoms. The molecule has 0 aromatic carbocycles. The number of rotatable bonds is 6. The monoisotopic (exact) mass is 164 g/mol. The molecule has 0 saturated carbocycles. The van der Waals surface area contributed by atoms with E-state index in [1.807, 2.05) is 13.8 Å². The quantitative estimate of drug-likeness (QED) is 0.597. The lowest BCUT2D eigenvalue weighted by Crippen LogP contribution is -2.16. The van der Waals surface area contributed by atoms with Gasteiger partial charge in [-0.1, -0.05) is 0 Å². The van der Waals surface area contributed by atoms with Crippen LogP contribution in [-0.2, 0) is 9.47 Å². The molecule has 0 rings (SSSR count). The SMILES string of the molecule is CCOCC(C)OCCS. The third-order valence-electron chi connectivity index (χ3n) is 1.05. The summed E-state index contributed by atoms with van der Waals surface area (Å²) in [5.41, 5.74) is 0. The summed E-state index contributed by atoms with van der Waals surface area (Å²) >= 11 is 4.02. The van der Waals surface area contributed by atoms with Gasteiger partial charge in [0.2, 0.25) is 0 Å². The Kier molecular flexibility index (Phi) is 7.58.